The van der Waals surface area contributed by atoms with Crippen LogP contribution in [0.5, 0.6) is 0 Å². The van der Waals surface area contributed by atoms with Gasteiger partial charge in [0.25, 0.3) is 5.69 Å². The first-order valence-corrected chi connectivity index (χ1v) is 9.88. The van der Waals surface area contributed by atoms with E-state index in [2.05, 4.69) is 0 Å². The lowest BCUT2D eigenvalue weighted by molar-refractivity contribution is -0.385. The third-order valence-electron chi connectivity index (χ3n) is 4.69. The number of nitrogens with zero attached hydrogens (tertiary/aromatic N) is 4. The first-order valence-electron chi connectivity index (χ1n) is 8.44. The van der Waals surface area contributed by atoms with Gasteiger partial charge in [0.15, 0.2) is 0 Å². The van der Waals surface area contributed by atoms with Crippen LogP contribution in [0.1, 0.15) is 11.1 Å². The highest BCUT2D eigenvalue weighted by molar-refractivity contribution is 7.89. The van der Waals surface area contributed by atoms with E-state index < -0.39 is 20.8 Å². The Bertz CT molecular complexity index is 1070. The fourth-order valence-electron chi connectivity index (χ4n) is 3.21. The molecule has 10 heteroatoms. The highest BCUT2D eigenvalue weighted by Crippen LogP contribution is 2.31. The lowest BCUT2D eigenvalue weighted by Crippen LogP contribution is -2.48. The van der Waals surface area contributed by atoms with E-state index in [1.54, 1.807) is 13.0 Å². The maximum absolute atomic E-state index is 13.4. The van der Waals surface area contributed by atoms with Crippen LogP contribution in [0.2, 0.25) is 0 Å². The number of nitriles is 1. The van der Waals surface area contributed by atoms with Crippen molar-refractivity contribution < 1.29 is 17.7 Å². The minimum atomic E-state index is -3.83. The van der Waals surface area contributed by atoms with E-state index in [1.807, 2.05) is 11.0 Å². The smallest absolute Gasteiger partial charge is 0.275 e. The molecule has 0 spiro atoms. The fourth-order valence-corrected chi connectivity index (χ4v) is 4.67. The molecule has 8 nitrogen and oxygen atoms in total. The van der Waals surface area contributed by atoms with Crippen molar-refractivity contribution in [2.24, 2.45) is 0 Å². The van der Waals surface area contributed by atoms with Crippen LogP contribution in [0.15, 0.2) is 41.3 Å². The second kappa shape index (κ2) is 7.53. The zero-order valence-electron chi connectivity index (χ0n) is 15.0. The topological polar surface area (TPSA) is 108 Å². The number of anilines is 1. The number of sulfonamides is 1. The van der Waals surface area contributed by atoms with Gasteiger partial charge < -0.3 is 4.90 Å². The van der Waals surface area contributed by atoms with Crippen LogP contribution in [-0.2, 0) is 10.0 Å². The first kappa shape index (κ1) is 19.7. The molecule has 1 heterocycles. The Kier molecular flexibility index (Phi) is 5.31. The quantitative estimate of drug-likeness (QED) is 0.572. The van der Waals surface area contributed by atoms with Crippen LogP contribution >= 0.6 is 0 Å². The lowest BCUT2D eigenvalue weighted by atomic mass is 10.1. The van der Waals surface area contributed by atoms with Crippen LogP contribution in [0.25, 0.3) is 0 Å². The molecule has 0 bridgehead atoms. The average Bonchev–Trinajstić information content (AvgIpc) is 2.68. The van der Waals surface area contributed by atoms with Crippen LogP contribution in [0.3, 0.4) is 0 Å². The van der Waals surface area contributed by atoms with Gasteiger partial charge in [-0.25, -0.2) is 12.8 Å². The highest BCUT2D eigenvalue weighted by Gasteiger charge is 2.30. The largest absolute Gasteiger partial charge is 0.368 e. The summed E-state index contributed by atoms with van der Waals surface area (Å²) in [5, 5.41) is 20.4. The highest BCUT2D eigenvalue weighted by atomic mass is 32.2. The van der Waals surface area contributed by atoms with Crippen molar-refractivity contribution in [1.29, 1.82) is 5.26 Å². The van der Waals surface area contributed by atoms with Gasteiger partial charge in [-0.1, -0.05) is 6.07 Å². The molecule has 1 saturated heterocycles. The summed E-state index contributed by atoms with van der Waals surface area (Å²) in [5.41, 5.74) is 0.977. The molecule has 28 heavy (non-hydrogen) atoms. The van der Waals surface area contributed by atoms with E-state index in [-0.39, 0.29) is 29.2 Å². The van der Waals surface area contributed by atoms with Crippen LogP contribution < -0.4 is 4.90 Å². The lowest BCUT2D eigenvalue weighted by Gasteiger charge is -2.36. The zero-order chi connectivity index (χ0) is 20.5. The number of nitro benzene ring substituents is 1. The van der Waals surface area contributed by atoms with Gasteiger partial charge in [0.2, 0.25) is 10.0 Å². The van der Waals surface area contributed by atoms with Gasteiger partial charge in [-0.2, -0.15) is 9.57 Å². The second-order valence-corrected chi connectivity index (χ2v) is 8.29. The molecule has 146 valence electrons. The van der Waals surface area contributed by atoms with E-state index in [4.69, 9.17) is 5.26 Å². The van der Waals surface area contributed by atoms with E-state index in [0.717, 1.165) is 6.07 Å². The minimum absolute atomic E-state index is 0.112. The summed E-state index contributed by atoms with van der Waals surface area (Å²) in [5.74, 6) is -0.629. The van der Waals surface area contributed by atoms with E-state index in [1.165, 1.54) is 28.6 Å². The monoisotopic (exact) mass is 404 g/mol. The Morgan fingerprint density at radius 2 is 1.86 bits per heavy atom. The van der Waals surface area contributed by atoms with Crippen LogP contribution in [-0.4, -0.2) is 43.8 Å². The molecule has 1 aliphatic heterocycles. The summed E-state index contributed by atoms with van der Waals surface area (Å²) < 4.78 is 40.1. The van der Waals surface area contributed by atoms with Crippen molar-refractivity contribution in [1.82, 2.24) is 4.31 Å². The summed E-state index contributed by atoms with van der Waals surface area (Å²) in [6, 6.07) is 9.55. The molecule has 0 aromatic heterocycles. The summed E-state index contributed by atoms with van der Waals surface area (Å²) in [6.07, 6.45) is 0. The summed E-state index contributed by atoms with van der Waals surface area (Å²) in [4.78, 5) is 12.4. The maximum atomic E-state index is 13.4. The van der Waals surface area contributed by atoms with E-state index >= 15 is 0 Å². The van der Waals surface area contributed by atoms with Gasteiger partial charge in [-0.3, -0.25) is 10.1 Å². The Morgan fingerprint density at radius 3 is 2.43 bits per heavy atom. The van der Waals surface area contributed by atoms with Gasteiger partial charge in [-0.15, -0.1) is 0 Å². The van der Waals surface area contributed by atoms with Crippen molar-refractivity contribution in [2.75, 3.05) is 31.1 Å². The molecule has 2 aromatic carbocycles. The van der Waals surface area contributed by atoms with Crippen molar-refractivity contribution in [3.8, 4) is 6.07 Å². The van der Waals surface area contributed by atoms with Crippen molar-refractivity contribution in [3.05, 3.63) is 63.5 Å². The number of piperazine rings is 1. The zero-order valence-corrected chi connectivity index (χ0v) is 15.8. The second-order valence-electron chi connectivity index (χ2n) is 6.36. The molecule has 2 aromatic rings. The summed E-state index contributed by atoms with van der Waals surface area (Å²) in [7, 11) is -3.83. The number of benzene rings is 2. The van der Waals surface area contributed by atoms with Crippen LogP contribution in [0, 0.1) is 34.2 Å². The number of halogens is 1. The normalized spacial score (nSPS) is 15.2. The molecule has 3 rings (SSSR count). The van der Waals surface area contributed by atoms with Gasteiger partial charge in [0.05, 0.1) is 27.0 Å². The Morgan fingerprint density at radius 1 is 1.18 bits per heavy atom. The fraction of sp³-hybridized carbons (Fsp3) is 0.278. The van der Waals surface area contributed by atoms with E-state index in [9.17, 15) is 22.9 Å². The molecule has 0 saturated carbocycles. The standard InChI is InChI=1S/C18H17FN4O4S/c1-13-17(9-14(12-20)10-18(13)23(24)25)21-5-7-22(8-6-21)28(26,27)16-4-2-3-15(19)11-16/h2-4,9-11H,5-8H2,1H3. The molecule has 0 radical (unpaired) electrons. The molecule has 1 aliphatic rings. The van der Waals surface area contributed by atoms with Crippen molar-refractivity contribution in [2.45, 2.75) is 11.8 Å². The number of hydrogen-bond donors (Lipinski definition) is 0. The minimum Gasteiger partial charge on any atom is -0.368 e. The van der Waals surface area contributed by atoms with Crippen molar-refractivity contribution in [3.63, 3.8) is 0 Å². The predicted octanol–water partition coefficient (Wildman–Crippen LogP) is 2.42. The van der Waals surface area contributed by atoms with Gasteiger partial charge in [-0.05, 0) is 31.2 Å². The van der Waals surface area contributed by atoms with E-state index in [0.29, 0.717) is 24.3 Å². The number of hydrogen-bond acceptors (Lipinski definition) is 6. The van der Waals surface area contributed by atoms with Gasteiger partial charge >= 0.3 is 0 Å². The van der Waals surface area contributed by atoms with Crippen LogP contribution in [0.4, 0.5) is 15.8 Å². The Labute approximate surface area is 161 Å². The molecule has 0 atom stereocenters. The summed E-state index contributed by atoms with van der Waals surface area (Å²) >= 11 is 0. The molecule has 0 amide bonds. The molecular formula is C18H17FN4O4S. The number of rotatable bonds is 4. The van der Waals surface area contributed by atoms with Gasteiger partial charge in [0.1, 0.15) is 5.82 Å². The molecule has 1 fully saturated rings. The first-order chi connectivity index (χ1) is 13.2. The predicted molar refractivity (Wildman–Crippen MR) is 99.9 cm³/mol. The molecule has 0 unspecified atom stereocenters. The van der Waals surface area contributed by atoms with Crippen molar-refractivity contribution >= 4 is 21.4 Å². The maximum Gasteiger partial charge on any atom is 0.275 e. The summed E-state index contributed by atoms with van der Waals surface area (Å²) in [6.45, 7) is 2.47. The Hall–Kier alpha value is -3.03. The molecular weight excluding hydrogens is 387 g/mol. The third kappa shape index (κ3) is 3.67. The number of nitro groups is 1. The third-order valence-corrected chi connectivity index (χ3v) is 6.59. The van der Waals surface area contributed by atoms with Gasteiger partial charge in [0, 0.05) is 37.9 Å². The Balaban J connectivity index is 1.84. The average molecular weight is 404 g/mol. The SMILES string of the molecule is Cc1c(N2CCN(S(=O)(=O)c3cccc(F)c3)CC2)cc(C#N)cc1[N+](=O)[O-]. The molecule has 0 N–H and O–H groups in total. The molecule has 0 aliphatic carbocycles.